The molecule has 72 valence electrons. The maximum absolute atomic E-state index is 4.23. The van der Waals surface area contributed by atoms with Crippen molar-refractivity contribution in [3.63, 3.8) is 0 Å². The number of pyridine rings is 1. The highest BCUT2D eigenvalue weighted by atomic mass is 32.2. The molecular weight excluding hydrogens is 180 g/mol. The molecule has 0 aromatic carbocycles. The fraction of sp³-hybridized carbons (Fsp3) is 0.500. The molecule has 0 fully saturated rings. The minimum absolute atomic E-state index is 0.880. The average molecular weight is 196 g/mol. The van der Waals surface area contributed by atoms with E-state index in [1.54, 1.807) is 0 Å². The smallest absolute Gasteiger partial charge is 0.0541 e. The first-order valence-electron chi connectivity index (χ1n) is 4.62. The second-order valence-electron chi connectivity index (χ2n) is 2.69. The van der Waals surface area contributed by atoms with Crippen LogP contribution in [0.1, 0.15) is 12.6 Å². The van der Waals surface area contributed by atoms with E-state index in [-0.39, 0.29) is 0 Å². The zero-order chi connectivity index (χ0) is 9.36. The molecule has 1 rings (SSSR count). The second-order valence-corrected chi connectivity index (χ2v) is 4.09. The van der Waals surface area contributed by atoms with Crippen molar-refractivity contribution in [3.05, 3.63) is 30.1 Å². The van der Waals surface area contributed by atoms with Gasteiger partial charge in [-0.2, -0.15) is 11.8 Å². The highest BCUT2D eigenvalue weighted by Gasteiger charge is 1.91. The lowest BCUT2D eigenvalue weighted by Crippen LogP contribution is -2.17. The zero-order valence-electron chi connectivity index (χ0n) is 7.99. The van der Waals surface area contributed by atoms with Gasteiger partial charge in [0.05, 0.1) is 5.69 Å². The van der Waals surface area contributed by atoms with Gasteiger partial charge in [0.25, 0.3) is 0 Å². The number of aromatic nitrogens is 1. The number of hydrogen-bond acceptors (Lipinski definition) is 3. The summed E-state index contributed by atoms with van der Waals surface area (Å²) < 4.78 is 0. The van der Waals surface area contributed by atoms with E-state index in [0.717, 1.165) is 18.8 Å². The Morgan fingerprint density at radius 1 is 1.46 bits per heavy atom. The molecule has 0 aliphatic carbocycles. The standard InChI is InChI=1S/C10H16N2S/c1-2-13-8-7-11-9-10-5-3-4-6-12-10/h3-6,11H,2,7-9H2,1H3. The third-order valence-corrected chi connectivity index (χ3v) is 2.56. The Morgan fingerprint density at radius 3 is 3.08 bits per heavy atom. The number of nitrogens with one attached hydrogen (secondary N) is 1. The molecule has 0 saturated heterocycles. The largest absolute Gasteiger partial charge is 0.310 e. The Labute approximate surface area is 84.1 Å². The molecule has 1 aromatic rings. The van der Waals surface area contributed by atoms with Crippen molar-refractivity contribution in [1.82, 2.24) is 10.3 Å². The Morgan fingerprint density at radius 2 is 2.38 bits per heavy atom. The van der Waals surface area contributed by atoms with Gasteiger partial charge in [0.15, 0.2) is 0 Å². The second kappa shape index (κ2) is 6.92. The third-order valence-electron chi connectivity index (χ3n) is 1.66. The van der Waals surface area contributed by atoms with Crippen LogP contribution in [-0.4, -0.2) is 23.0 Å². The van der Waals surface area contributed by atoms with Crippen LogP contribution in [0.15, 0.2) is 24.4 Å². The maximum Gasteiger partial charge on any atom is 0.0541 e. The Balaban J connectivity index is 2.07. The summed E-state index contributed by atoms with van der Waals surface area (Å²) in [7, 11) is 0. The highest BCUT2D eigenvalue weighted by molar-refractivity contribution is 7.99. The maximum atomic E-state index is 4.23. The van der Waals surface area contributed by atoms with Crippen LogP contribution in [-0.2, 0) is 6.54 Å². The first kappa shape index (κ1) is 10.5. The summed E-state index contributed by atoms with van der Waals surface area (Å²) >= 11 is 1.96. The van der Waals surface area contributed by atoms with Crippen LogP contribution >= 0.6 is 11.8 Å². The number of hydrogen-bond donors (Lipinski definition) is 1. The zero-order valence-corrected chi connectivity index (χ0v) is 8.81. The van der Waals surface area contributed by atoms with Crippen LogP contribution < -0.4 is 5.32 Å². The van der Waals surface area contributed by atoms with E-state index in [4.69, 9.17) is 0 Å². The quantitative estimate of drug-likeness (QED) is 0.704. The molecule has 0 unspecified atom stereocenters. The lowest BCUT2D eigenvalue weighted by molar-refractivity contribution is 0.715. The predicted octanol–water partition coefficient (Wildman–Crippen LogP) is 1.92. The van der Waals surface area contributed by atoms with E-state index in [1.807, 2.05) is 36.2 Å². The van der Waals surface area contributed by atoms with Crippen molar-refractivity contribution in [2.24, 2.45) is 0 Å². The highest BCUT2D eigenvalue weighted by Crippen LogP contribution is 1.96. The summed E-state index contributed by atoms with van der Waals surface area (Å²) in [6, 6.07) is 6.00. The summed E-state index contributed by atoms with van der Waals surface area (Å²) in [6.45, 7) is 4.13. The third kappa shape index (κ3) is 4.90. The normalized spacial score (nSPS) is 10.2. The van der Waals surface area contributed by atoms with Gasteiger partial charge in [-0.25, -0.2) is 0 Å². The van der Waals surface area contributed by atoms with Gasteiger partial charge in [0.1, 0.15) is 0 Å². The molecule has 3 heteroatoms. The minimum atomic E-state index is 0.880. The van der Waals surface area contributed by atoms with E-state index < -0.39 is 0 Å². The van der Waals surface area contributed by atoms with Crippen molar-refractivity contribution >= 4 is 11.8 Å². The van der Waals surface area contributed by atoms with Crippen LogP contribution in [0.4, 0.5) is 0 Å². The fourth-order valence-corrected chi connectivity index (χ4v) is 1.59. The van der Waals surface area contributed by atoms with Crippen LogP contribution in [0.25, 0.3) is 0 Å². The van der Waals surface area contributed by atoms with Gasteiger partial charge in [-0.3, -0.25) is 4.98 Å². The molecule has 1 aromatic heterocycles. The van der Waals surface area contributed by atoms with Gasteiger partial charge >= 0.3 is 0 Å². The predicted molar refractivity (Wildman–Crippen MR) is 58.9 cm³/mol. The molecule has 2 nitrogen and oxygen atoms in total. The summed E-state index contributed by atoms with van der Waals surface area (Å²) in [5.74, 6) is 2.38. The average Bonchev–Trinajstić information content (AvgIpc) is 2.19. The minimum Gasteiger partial charge on any atom is -0.310 e. The molecule has 13 heavy (non-hydrogen) atoms. The molecule has 0 atom stereocenters. The number of rotatable bonds is 6. The summed E-state index contributed by atoms with van der Waals surface area (Å²) in [5, 5.41) is 3.35. The van der Waals surface area contributed by atoms with Gasteiger partial charge in [-0.1, -0.05) is 13.0 Å². The molecule has 0 aliphatic rings. The summed E-state index contributed by atoms with van der Waals surface area (Å²) in [6.07, 6.45) is 1.83. The summed E-state index contributed by atoms with van der Waals surface area (Å²) in [5.41, 5.74) is 1.11. The van der Waals surface area contributed by atoms with E-state index in [2.05, 4.69) is 17.2 Å². The lowest BCUT2D eigenvalue weighted by atomic mass is 10.3. The van der Waals surface area contributed by atoms with Gasteiger partial charge < -0.3 is 5.32 Å². The molecule has 0 bridgehead atoms. The molecule has 0 spiro atoms. The molecule has 1 N–H and O–H groups in total. The van der Waals surface area contributed by atoms with Crippen LogP contribution in [0.5, 0.6) is 0 Å². The van der Waals surface area contributed by atoms with Crippen LogP contribution in [0.2, 0.25) is 0 Å². The molecule has 0 aliphatic heterocycles. The van der Waals surface area contributed by atoms with Crippen LogP contribution in [0.3, 0.4) is 0 Å². The van der Waals surface area contributed by atoms with Crippen molar-refractivity contribution in [3.8, 4) is 0 Å². The SMILES string of the molecule is CCSCCNCc1ccccn1. The number of thioether (sulfide) groups is 1. The Kier molecular flexibility index (Phi) is 5.61. The van der Waals surface area contributed by atoms with Gasteiger partial charge in [0, 0.05) is 25.0 Å². The van der Waals surface area contributed by atoms with Crippen molar-refractivity contribution in [2.75, 3.05) is 18.1 Å². The molecule has 1 heterocycles. The monoisotopic (exact) mass is 196 g/mol. The fourth-order valence-electron chi connectivity index (χ4n) is 1.01. The molecular formula is C10H16N2S. The van der Waals surface area contributed by atoms with Gasteiger partial charge in [-0.15, -0.1) is 0 Å². The van der Waals surface area contributed by atoms with E-state index in [9.17, 15) is 0 Å². The Hall–Kier alpha value is -0.540. The van der Waals surface area contributed by atoms with E-state index >= 15 is 0 Å². The molecule has 0 saturated carbocycles. The first-order valence-corrected chi connectivity index (χ1v) is 5.77. The topological polar surface area (TPSA) is 24.9 Å². The first-order chi connectivity index (χ1) is 6.43. The van der Waals surface area contributed by atoms with E-state index in [1.165, 1.54) is 11.5 Å². The van der Waals surface area contributed by atoms with Crippen molar-refractivity contribution < 1.29 is 0 Å². The van der Waals surface area contributed by atoms with Gasteiger partial charge in [-0.05, 0) is 17.9 Å². The van der Waals surface area contributed by atoms with Gasteiger partial charge in [0.2, 0.25) is 0 Å². The van der Waals surface area contributed by atoms with Crippen LogP contribution in [0, 0.1) is 0 Å². The molecule has 0 amide bonds. The Bertz CT molecular complexity index is 213. The number of nitrogens with zero attached hydrogens (tertiary/aromatic N) is 1. The van der Waals surface area contributed by atoms with Crippen molar-refractivity contribution in [2.45, 2.75) is 13.5 Å². The summed E-state index contributed by atoms with van der Waals surface area (Å²) in [4.78, 5) is 4.23. The lowest BCUT2D eigenvalue weighted by Gasteiger charge is -2.02. The van der Waals surface area contributed by atoms with Crippen molar-refractivity contribution in [1.29, 1.82) is 0 Å². The van der Waals surface area contributed by atoms with E-state index in [0.29, 0.717) is 0 Å². The molecule has 0 radical (unpaired) electrons.